The van der Waals surface area contributed by atoms with Gasteiger partial charge in [-0.15, -0.1) is 0 Å². The molecule has 0 spiro atoms. The normalized spacial score (nSPS) is 12.9. The highest BCUT2D eigenvalue weighted by atomic mass is 19.1. The molecule has 0 saturated heterocycles. The van der Waals surface area contributed by atoms with E-state index in [1.54, 1.807) is 29.8 Å². The summed E-state index contributed by atoms with van der Waals surface area (Å²) in [4.78, 5) is 10.8. The monoisotopic (exact) mass is 207 g/mol. The molecule has 15 heavy (non-hydrogen) atoms. The maximum absolute atomic E-state index is 12.9. The fourth-order valence-corrected chi connectivity index (χ4v) is 1.59. The van der Waals surface area contributed by atoms with Crippen molar-refractivity contribution >= 4 is 16.9 Å². The largest absolute Gasteiger partial charge is 0.480 e. The minimum absolute atomic E-state index is 0.316. The molecule has 0 unspecified atom stereocenters. The third-order valence-electron chi connectivity index (χ3n) is 2.46. The lowest BCUT2D eigenvalue weighted by molar-refractivity contribution is -0.140. The number of halogens is 1. The van der Waals surface area contributed by atoms with Crippen LogP contribution in [0.4, 0.5) is 4.39 Å². The number of hydrogen-bond donors (Lipinski definition) is 1. The molecule has 0 fully saturated rings. The van der Waals surface area contributed by atoms with Crippen LogP contribution in [0.2, 0.25) is 0 Å². The van der Waals surface area contributed by atoms with Crippen molar-refractivity contribution in [2.45, 2.75) is 13.0 Å². The number of benzene rings is 1. The summed E-state index contributed by atoms with van der Waals surface area (Å²) in [5.74, 6) is -1.22. The van der Waals surface area contributed by atoms with Crippen molar-refractivity contribution in [3.05, 3.63) is 36.3 Å². The summed E-state index contributed by atoms with van der Waals surface area (Å²) in [6.07, 6.45) is 1.66. The topological polar surface area (TPSA) is 42.2 Å². The van der Waals surface area contributed by atoms with E-state index in [1.807, 2.05) is 0 Å². The molecule has 1 aromatic heterocycles. The van der Waals surface area contributed by atoms with Gasteiger partial charge >= 0.3 is 5.97 Å². The third kappa shape index (κ3) is 1.58. The quantitative estimate of drug-likeness (QED) is 0.821. The third-order valence-corrected chi connectivity index (χ3v) is 2.46. The Labute approximate surface area is 85.7 Å². The molecular weight excluding hydrogens is 197 g/mol. The van der Waals surface area contributed by atoms with Crippen LogP contribution >= 0.6 is 0 Å². The number of aliphatic carboxylic acids is 1. The molecule has 4 heteroatoms. The second-order valence-corrected chi connectivity index (χ2v) is 3.44. The number of hydrogen-bond acceptors (Lipinski definition) is 1. The van der Waals surface area contributed by atoms with E-state index in [-0.39, 0.29) is 5.82 Å². The van der Waals surface area contributed by atoms with Crippen molar-refractivity contribution in [1.82, 2.24) is 4.57 Å². The molecule has 0 radical (unpaired) electrons. The molecule has 1 aromatic carbocycles. The summed E-state index contributed by atoms with van der Waals surface area (Å²) in [6, 6.07) is 5.36. The van der Waals surface area contributed by atoms with Gasteiger partial charge in [0.2, 0.25) is 0 Å². The highest BCUT2D eigenvalue weighted by Gasteiger charge is 2.14. The van der Waals surface area contributed by atoms with Gasteiger partial charge in [0, 0.05) is 17.1 Å². The van der Waals surface area contributed by atoms with Crippen LogP contribution in [0.3, 0.4) is 0 Å². The fourth-order valence-electron chi connectivity index (χ4n) is 1.59. The van der Waals surface area contributed by atoms with Crippen LogP contribution < -0.4 is 0 Å². The Hall–Kier alpha value is -1.84. The highest BCUT2D eigenvalue weighted by molar-refractivity contribution is 5.83. The van der Waals surface area contributed by atoms with Crippen molar-refractivity contribution in [2.24, 2.45) is 0 Å². The zero-order valence-corrected chi connectivity index (χ0v) is 8.14. The van der Waals surface area contributed by atoms with Gasteiger partial charge in [0.15, 0.2) is 0 Å². The predicted molar refractivity (Wildman–Crippen MR) is 54.2 cm³/mol. The Bertz CT molecular complexity index is 518. The number of rotatable bonds is 2. The molecule has 0 aliphatic rings. The second-order valence-electron chi connectivity index (χ2n) is 3.44. The van der Waals surface area contributed by atoms with Crippen LogP contribution in [0.5, 0.6) is 0 Å². The van der Waals surface area contributed by atoms with Crippen LogP contribution in [-0.2, 0) is 4.79 Å². The van der Waals surface area contributed by atoms with E-state index in [1.165, 1.54) is 12.1 Å². The maximum atomic E-state index is 12.9. The van der Waals surface area contributed by atoms with E-state index < -0.39 is 12.0 Å². The molecule has 1 atom stereocenters. The van der Waals surface area contributed by atoms with E-state index >= 15 is 0 Å². The lowest BCUT2D eigenvalue weighted by Gasteiger charge is -2.09. The summed E-state index contributed by atoms with van der Waals surface area (Å²) in [6.45, 7) is 1.59. The zero-order valence-electron chi connectivity index (χ0n) is 8.14. The number of aromatic nitrogens is 1. The molecule has 78 valence electrons. The number of carbonyl (C=O) groups is 1. The van der Waals surface area contributed by atoms with Crippen LogP contribution in [0, 0.1) is 5.82 Å². The second kappa shape index (κ2) is 3.38. The van der Waals surface area contributed by atoms with Gasteiger partial charge in [-0.2, -0.15) is 0 Å². The molecule has 3 nitrogen and oxygen atoms in total. The van der Waals surface area contributed by atoms with E-state index in [4.69, 9.17) is 5.11 Å². The van der Waals surface area contributed by atoms with Gasteiger partial charge in [0.05, 0.1) is 0 Å². The predicted octanol–water partition coefficient (Wildman–Crippen LogP) is 2.43. The molecule has 1 heterocycles. The van der Waals surface area contributed by atoms with Crippen LogP contribution in [0.1, 0.15) is 13.0 Å². The van der Waals surface area contributed by atoms with Gasteiger partial charge in [0.1, 0.15) is 11.9 Å². The van der Waals surface area contributed by atoms with E-state index in [9.17, 15) is 9.18 Å². The van der Waals surface area contributed by atoms with Gasteiger partial charge in [-0.3, -0.25) is 0 Å². The van der Waals surface area contributed by atoms with Gasteiger partial charge in [-0.1, -0.05) is 0 Å². The maximum Gasteiger partial charge on any atom is 0.326 e. The van der Waals surface area contributed by atoms with Crippen molar-refractivity contribution in [3.8, 4) is 0 Å². The van der Waals surface area contributed by atoms with Crippen molar-refractivity contribution in [1.29, 1.82) is 0 Å². The summed E-state index contributed by atoms with van der Waals surface area (Å²) in [5.41, 5.74) is 0.728. The van der Waals surface area contributed by atoms with Gasteiger partial charge in [-0.05, 0) is 31.2 Å². The summed E-state index contributed by atoms with van der Waals surface area (Å²) < 4.78 is 14.5. The first-order valence-electron chi connectivity index (χ1n) is 4.58. The molecule has 0 aliphatic carbocycles. The van der Waals surface area contributed by atoms with Crippen molar-refractivity contribution in [2.75, 3.05) is 0 Å². The van der Waals surface area contributed by atoms with Crippen LogP contribution in [-0.4, -0.2) is 15.6 Å². The van der Waals surface area contributed by atoms with Crippen LogP contribution in [0.15, 0.2) is 30.5 Å². The standard InChI is InChI=1S/C11H10FNO2/c1-7(11(14)15)13-5-4-8-6-9(12)2-3-10(8)13/h2-7H,1H3,(H,14,15)/t7-/m1/s1. The summed E-state index contributed by atoms with van der Waals surface area (Å²) in [7, 11) is 0. The first-order chi connectivity index (χ1) is 7.09. The van der Waals surface area contributed by atoms with Gasteiger partial charge < -0.3 is 9.67 Å². The lowest BCUT2D eigenvalue weighted by Crippen LogP contribution is -2.14. The minimum Gasteiger partial charge on any atom is -0.480 e. The molecule has 0 aliphatic heterocycles. The Balaban J connectivity index is 2.59. The van der Waals surface area contributed by atoms with Crippen molar-refractivity contribution in [3.63, 3.8) is 0 Å². The Kier molecular flexibility index (Phi) is 2.19. The average molecular weight is 207 g/mol. The van der Waals surface area contributed by atoms with Crippen molar-refractivity contribution < 1.29 is 14.3 Å². The summed E-state index contributed by atoms with van der Waals surface area (Å²) >= 11 is 0. The fraction of sp³-hybridized carbons (Fsp3) is 0.182. The first kappa shape index (κ1) is 9.71. The minimum atomic E-state index is -0.906. The van der Waals surface area contributed by atoms with Crippen LogP contribution in [0.25, 0.3) is 10.9 Å². The van der Waals surface area contributed by atoms with Gasteiger partial charge in [0.25, 0.3) is 0 Å². The number of carboxylic acid groups (broad SMARTS) is 1. The lowest BCUT2D eigenvalue weighted by atomic mass is 10.2. The van der Waals surface area contributed by atoms with Gasteiger partial charge in [-0.25, -0.2) is 9.18 Å². The van der Waals surface area contributed by atoms with E-state index in [0.717, 1.165) is 5.52 Å². The SMILES string of the molecule is C[C@H](C(=O)O)n1ccc2cc(F)ccc21. The molecule has 0 bridgehead atoms. The molecule has 2 aromatic rings. The Morgan fingerprint density at radius 1 is 1.47 bits per heavy atom. The number of fused-ring (bicyclic) bond motifs is 1. The molecule has 2 rings (SSSR count). The smallest absolute Gasteiger partial charge is 0.326 e. The summed E-state index contributed by atoms with van der Waals surface area (Å²) in [5, 5.41) is 9.58. The molecule has 0 amide bonds. The van der Waals surface area contributed by atoms with E-state index in [0.29, 0.717) is 5.39 Å². The molecular formula is C11H10FNO2. The highest BCUT2D eigenvalue weighted by Crippen LogP contribution is 2.20. The Morgan fingerprint density at radius 2 is 2.20 bits per heavy atom. The molecule has 0 saturated carbocycles. The number of nitrogens with zero attached hydrogens (tertiary/aromatic N) is 1. The molecule has 1 N–H and O–H groups in total. The number of carboxylic acids is 1. The Morgan fingerprint density at radius 3 is 2.87 bits per heavy atom. The van der Waals surface area contributed by atoms with E-state index in [2.05, 4.69) is 0 Å². The average Bonchev–Trinajstić information content (AvgIpc) is 2.59. The zero-order chi connectivity index (χ0) is 11.0. The first-order valence-corrected chi connectivity index (χ1v) is 4.58.